The van der Waals surface area contributed by atoms with Gasteiger partial charge in [-0.25, -0.2) is 0 Å². The number of phenolic OH excluding ortho intramolecular Hbond substituents is 1. The van der Waals surface area contributed by atoms with Crippen molar-refractivity contribution in [1.82, 2.24) is 0 Å². The molecule has 0 radical (unpaired) electrons. The van der Waals surface area contributed by atoms with Gasteiger partial charge in [-0.05, 0) is 52.7 Å². The summed E-state index contributed by atoms with van der Waals surface area (Å²) >= 11 is 3.01. The Morgan fingerprint density at radius 1 is 1.36 bits per heavy atom. The first-order valence-corrected chi connectivity index (χ1v) is 7.78. The summed E-state index contributed by atoms with van der Waals surface area (Å²) in [6.45, 7) is 1.90. The lowest BCUT2D eigenvalue weighted by molar-refractivity contribution is -0.386. The summed E-state index contributed by atoms with van der Waals surface area (Å²) < 4.78 is 0.0872. The van der Waals surface area contributed by atoms with Crippen LogP contribution in [-0.4, -0.2) is 15.9 Å². The van der Waals surface area contributed by atoms with Crippen LogP contribution in [0.2, 0.25) is 0 Å². The summed E-state index contributed by atoms with van der Waals surface area (Å²) in [4.78, 5) is 22.4. The number of benzene rings is 2. The summed E-state index contributed by atoms with van der Waals surface area (Å²) in [5.41, 5.74) is 1.02. The van der Waals surface area contributed by atoms with E-state index in [2.05, 4.69) is 21.2 Å². The molecule has 0 atom stereocenters. The maximum Gasteiger partial charge on any atom is 0.312 e. The molecule has 0 aromatic heterocycles. The molecule has 126 valence electrons. The van der Waals surface area contributed by atoms with Crippen LogP contribution >= 0.6 is 15.9 Å². The predicted octanol–water partition coefficient (Wildman–Crippen LogP) is 3.92. The number of halogens is 1. The minimum Gasteiger partial charge on any atom is -0.501 e. The highest BCUT2D eigenvalue weighted by atomic mass is 79.9. The van der Waals surface area contributed by atoms with Crippen LogP contribution in [0, 0.1) is 28.4 Å². The third-order valence-electron chi connectivity index (χ3n) is 3.25. The molecule has 2 aromatic rings. The number of carbonyl (C=O) groups is 1. The SMILES string of the molecule is Cc1ccc(NC(=O)/C(C#N)=C/c2cc(Br)c(O)c([N+](=O)[O-])c2)cc1. The van der Waals surface area contributed by atoms with Crippen molar-refractivity contribution in [1.29, 1.82) is 5.26 Å². The molecule has 2 aromatic carbocycles. The average molecular weight is 402 g/mol. The molecule has 0 fully saturated rings. The van der Waals surface area contributed by atoms with E-state index >= 15 is 0 Å². The lowest BCUT2D eigenvalue weighted by Crippen LogP contribution is -2.13. The van der Waals surface area contributed by atoms with Gasteiger partial charge in [-0.1, -0.05) is 17.7 Å². The van der Waals surface area contributed by atoms with Crippen molar-refractivity contribution in [2.45, 2.75) is 6.92 Å². The molecule has 7 nitrogen and oxygen atoms in total. The summed E-state index contributed by atoms with van der Waals surface area (Å²) in [6, 6.07) is 11.2. The molecule has 2 rings (SSSR count). The number of nitro benzene ring substituents is 1. The van der Waals surface area contributed by atoms with Crippen molar-refractivity contribution < 1.29 is 14.8 Å². The molecule has 0 aliphatic heterocycles. The lowest BCUT2D eigenvalue weighted by Gasteiger charge is -2.05. The molecule has 0 heterocycles. The summed E-state index contributed by atoms with van der Waals surface area (Å²) in [7, 11) is 0. The van der Waals surface area contributed by atoms with E-state index in [0.29, 0.717) is 5.69 Å². The predicted molar refractivity (Wildman–Crippen MR) is 95.9 cm³/mol. The third kappa shape index (κ3) is 4.43. The second-order valence-electron chi connectivity index (χ2n) is 5.12. The molecule has 0 spiro atoms. The van der Waals surface area contributed by atoms with Gasteiger partial charge in [0.25, 0.3) is 5.91 Å². The Kier molecular flexibility index (Phi) is 5.52. The molecule has 0 unspecified atom stereocenters. The zero-order valence-corrected chi connectivity index (χ0v) is 14.6. The average Bonchev–Trinajstić information content (AvgIpc) is 2.57. The van der Waals surface area contributed by atoms with Gasteiger partial charge in [-0.3, -0.25) is 14.9 Å². The number of phenols is 1. The summed E-state index contributed by atoms with van der Waals surface area (Å²) in [5, 5.41) is 32.4. The third-order valence-corrected chi connectivity index (χ3v) is 3.85. The first kappa shape index (κ1) is 18.2. The zero-order chi connectivity index (χ0) is 18.6. The number of nitriles is 1. The number of carbonyl (C=O) groups excluding carboxylic acids is 1. The monoisotopic (exact) mass is 401 g/mol. The van der Waals surface area contributed by atoms with Crippen LogP contribution in [0.4, 0.5) is 11.4 Å². The van der Waals surface area contributed by atoms with Crippen molar-refractivity contribution in [2.24, 2.45) is 0 Å². The summed E-state index contributed by atoms with van der Waals surface area (Å²) in [6.07, 6.45) is 1.21. The van der Waals surface area contributed by atoms with Crippen molar-refractivity contribution >= 4 is 39.3 Å². The molecule has 2 N–H and O–H groups in total. The molecule has 0 saturated carbocycles. The van der Waals surface area contributed by atoms with Gasteiger partial charge in [-0.2, -0.15) is 5.26 Å². The largest absolute Gasteiger partial charge is 0.501 e. The standard InChI is InChI=1S/C17H12BrN3O4/c1-10-2-4-13(5-3-10)20-17(23)12(9-19)6-11-7-14(18)16(22)15(8-11)21(24)25/h2-8,22H,1H3,(H,20,23)/b12-6+. The molecule has 0 bridgehead atoms. The van der Waals surface area contributed by atoms with Crippen LogP contribution in [0.1, 0.15) is 11.1 Å². The minimum atomic E-state index is -0.754. The van der Waals surface area contributed by atoms with Gasteiger partial charge in [0.15, 0.2) is 0 Å². The van der Waals surface area contributed by atoms with Crippen LogP contribution in [0.25, 0.3) is 6.08 Å². The molecule has 1 amide bonds. The molecular weight excluding hydrogens is 390 g/mol. The zero-order valence-electron chi connectivity index (χ0n) is 13.0. The van der Waals surface area contributed by atoms with Gasteiger partial charge >= 0.3 is 5.69 Å². The highest BCUT2D eigenvalue weighted by molar-refractivity contribution is 9.10. The van der Waals surface area contributed by atoms with Crippen LogP contribution in [0.5, 0.6) is 5.75 Å². The number of hydrogen-bond donors (Lipinski definition) is 2. The fraction of sp³-hybridized carbons (Fsp3) is 0.0588. The van der Waals surface area contributed by atoms with Crippen LogP contribution in [0.15, 0.2) is 46.4 Å². The van der Waals surface area contributed by atoms with E-state index in [4.69, 9.17) is 0 Å². The molecule has 0 aliphatic rings. The lowest BCUT2D eigenvalue weighted by atomic mass is 10.1. The Labute approximate surface area is 151 Å². The van der Waals surface area contributed by atoms with Gasteiger partial charge < -0.3 is 10.4 Å². The number of nitrogens with zero attached hydrogens (tertiary/aromatic N) is 2. The Morgan fingerprint density at radius 2 is 2.00 bits per heavy atom. The molecule has 0 saturated heterocycles. The Balaban J connectivity index is 2.34. The number of aryl methyl sites for hydroxylation is 1. The van der Waals surface area contributed by atoms with Gasteiger partial charge in [0.2, 0.25) is 5.75 Å². The van der Waals surface area contributed by atoms with Gasteiger partial charge in [-0.15, -0.1) is 0 Å². The van der Waals surface area contributed by atoms with E-state index in [0.717, 1.165) is 11.6 Å². The van der Waals surface area contributed by atoms with E-state index in [1.54, 1.807) is 18.2 Å². The molecule has 25 heavy (non-hydrogen) atoms. The van der Waals surface area contributed by atoms with E-state index in [9.17, 15) is 25.3 Å². The number of hydrogen-bond acceptors (Lipinski definition) is 5. The Hall–Kier alpha value is -3.18. The second-order valence-corrected chi connectivity index (χ2v) is 5.97. The number of amides is 1. The van der Waals surface area contributed by atoms with Crippen molar-refractivity contribution in [3.8, 4) is 11.8 Å². The highest BCUT2D eigenvalue weighted by Crippen LogP contribution is 2.35. The van der Waals surface area contributed by atoms with Gasteiger partial charge in [0, 0.05) is 11.8 Å². The smallest absolute Gasteiger partial charge is 0.312 e. The first-order chi connectivity index (χ1) is 11.8. The number of rotatable bonds is 4. The van der Waals surface area contributed by atoms with E-state index < -0.39 is 22.3 Å². The quantitative estimate of drug-likeness (QED) is 0.348. The Bertz CT molecular complexity index is 915. The topological polar surface area (TPSA) is 116 Å². The second kappa shape index (κ2) is 7.59. The molecule has 0 aliphatic carbocycles. The maximum absolute atomic E-state index is 12.2. The molecule has 8 heteroatoms. The van der Waals surface area contributed by atoms with Crippen LogP contribution in [0.3, 0.4) is 0 Å². The fourth-order valence-electron chi connectivity index (χ4n) is 1.98. The molecular formula is C17H12BrN3O4. The number of nitrogens with one attached hydrogen (secondary N) is 1. The first-order valence-electron chi connectivity index (χ1n) is 6.98. The van der Waals surface area contributed by atoms with E-state index in [-0.39, 0.29) is 15.6 Å². The van der Waals surface area contributed by atoms with Crippen LogP contribution in [-0.2, 0) is 4.79 Å². The van der Waals surface area contributed by atoms with Crippen molar-refractivity contribution in [3.05, 3.63) is 67.7 Å². The summed E-state index contributed by atoms with van der Waals surface area (Å²) in [5.74, 6) is -1.16. The van der Waals surface area contributed by atoms with E-state index in [1.165, 1.54) is 12.1 Å². The fourth-order valence-corrected chi connectivity index (χ4v) is 2.45. The number of aromatic hydroxyl groups is 1. The van der Waals surface area contributed by atoms with Crippen molar-refractivity contribution in [2.75, 3.05) is 5.32 Å². The number of nitro groups is 1. The highest BCUT2D eigenvalue weighted by Gasteiger charge is 2.18. The minimum absolute atomic E-state index is 0.0872. The van der Waals surface area contributed by atoms with Crippen molar-refractivity contribution in [3.63, 3.8) is 0 Å². The Morgan fingerprint density at radius 3 is 2.56 bits per heavy atom. The van der Waals surface area contributed by atoms with Gasteiger partial charge in [0.1, 0.15) is 11.6 Å². The number of anilines is 1. The van der Waals surface area contributed by atoms with E-state index in [1.807, 2.05) is 19.1 Å². The normalized spacial score (nSPS) is 10.8. The maximum atomic E-state index is 12.2. The van der Waals surface area contributed by atoms with Gasteiger partial charge in [0.05, 0.1) is 9.40 Å². The van der Waals surface area contributed by atoms with Crippen LogP contribution < -0.4 is 5.32 Å².